The van der Waals surface area contributed by atoms with E-state index in [0.717, 1.165) is 27.7 Å². The van der Waals surface area contributed by atoms with E-state index >= 15 is 0 Å². The van der Waals surface area contributed by atoms with Gasteiger partial charge in [-0.2, -0.15) is 0 Å². The van der Waals surface area contributed by atoms with Gasteiger partial charge in [0.05, 0.1) is 6.42 Å². The summed E-state index contributed by atoms with van der Waals surface area (Å²) < 4.78 is 5.88. The van der Waals surface area contributed by atoms with Crippen LogP contribution in [0.2, 0.25) is 0 Å². The Morgan fingerprint density at radius 3 is 2.67 bits per heavy atom. The second-order valence-electron chi connectivity index (χ2n) is 5.46. The quantitative estimate of drug-likeness (QED) is 0.603. The summed E-state index contributed by atoms with van der Waals surface area (Å²) in [6, 6.07) is 15.2. The third kappa shape index (κ3) is 2.54. The Hall–Kier alpha value is -3.41. The normalized spacial score (nSPS) is 11.0. The Balaban J connectivity index is 1.70. The summed E-state index contributed by atoms with van der Waals surface area (Å²) in [4.78, 5) is 19.6. The molecule has 0 saturated heterocycles. The molecule has 0 aliphatic carbocycles. The summed E-state index contributed by atoms with van der Waals surface area (Å²) in [6.45, 7) is 0. The highest BCUT2D eigenvalue weighted by Gasteiger charge is 2.12. The average Bonchev–Trinajstić information content (AvgIpc) is 2.96. The molecule has 4 rings (SSSR count). The van der Waals surface area contributed by atoms with Gasteiger partial charge < -0.3 is 15.5 Å². The lowest BCUT2D eigenvalue weighted by Crippen LogP contribution is -2.13. The van der Waals surface area contributed by atoms with Crippen LogP contribution in [-0.4, -0.2) is 15.9 Å². The van der Waals surface area contributed by atoms with Gasteiger partial charge in [-0.15, -0.1) is 0 Å². The molecule has 0 aliphatic rings. The Bertz CT molecular complexity index is 1040. The molecule has 0 radical (unpaired) electrons. The van der Waals surface area contributed by atoms with Crippen molar-refractivity contribution in [3.05, 3.63) is 60.4 Å². The number of nitrogens with two attached hydrogens (primary N) is 1. The number of anilines is 2. The number of aromatic nitrogens is 2. The SMILES string of the molecule is NC(=O)Cc1ccc(Nc2ncnc3c2oc2ccccc23)cc1. The summed E-state index contributed by atoms with van der Waals surface area (Å²) in [7, 11) is 0. The molecule has 4 aromatic rings. The number of fused-ring (bicyclic) bond motifs is 3. The number of para-hydroxylation sites is 1. The molecule has 0 unspecified atom stereocenters. The maximum atomic E-state index is 11.0. The zero-order valence-corrected chi connectivity index (χ0v) is 12.7. The molecule has 0 bridgehead atoms. The third-order valence-electron chi connectivity index (χ3n) is 3.75. The van der Waals surface area contributed by atoms with Crippen molar-refractivity contribution in [1.29, 1.82) is 0 Å². The number of rotatable bonds is 4. The number of primary amides is 1. The number of nitrogens with zero attached hydrogens (tertiary/aromatic N) is 2. The first kappa shape index (κ1) is 14.2. The number of hydrogen-bond donors (Lipinski definition) is 2. The van der Waals surface area contributed by atoms with Crippen molar-refractivity contribution in [3.63, 3.8) is 0 Å². The smallest absolute Gasteiger partial charge is 0.221 e. The van der Waals surface area contributed by atoms with Crippen LogP contribution in [0.25, 0.3) is 22.1 Å². The van der Waals surface area contributed by atoms with E-state index in [1.54, 1.807) is 0 Å². The molecule has 24 heavy (non-hydrogen) atoms. The molecule has 2 aromatic carbocycles. The highest BCUT2D eigenvalue weighted by Crippen LogP contribution is 2.31. The van der Waals surface area contributed by atoms with Crippen LogP contribution in [0, 0.1) is 0 Å². The van der Waals surface area contributed by atoms with E-state index in [4.69, 9.17) is 10.2 Å². The van der Waals surface area contributed by atoms with Gasteiger partial charge in [-0.1, -0.05) is 24.3 Å². The Morgan fingerprint density at radius 1 is 1.08 bits per heavy atom. The maximum Gasteiger partial charge on any atom is 0.221 e. The van der Waals surface area contributed by atoms with Crippen LogP contribution >= 0.6 is 0 Å². The van der Waals surface area contributed by atoms with E-state index in [9.17, 15) is 4.79 Å². The lowest BCUT2D eigenvalue weighted by atomic mass is 10.1. The van der Waals surface area contributed by atoms with Gasteiger partial charge in [-0.25, -0.2) is 9.97 Å². The maximum absolute atomic E-state index is 11.0. The van der Waals surface area contributed by atoms with Crippen molar-refractivity contribution >= 4 is 39.5 Å². The fraction of sp³-hybridized carbons (Fsp3) is 0.0556. The molecule has 0 atom stereocenters. The van der Waals surface area contributed by atoms with Crippen molar-refractivity contribution in [2.24, 2.45) is 5.73 Å². The number of furan rings is 1. The number of carbonyl (C=O) groups is 1. The first-order chi connectivity index (χ1) is 11.7. The van der Waals surface area contributed by atoms with E-state index in [1.165, 1.54) is 6.33 Å². The van der Waals surface area contributed by atoms with Crippen molar-refractivity contribution in [2.45, 2.75) is 6.42 Å². The summed E-state index contributed by atoms with van der Waals surface area (Å²) in [6.07, 6.45) is 1.73. The standard InChI is InChI=1S/C18H14N4O2/c19-15(23)9-11-5-7-12(8-6-11)22-18-17-16(20-10-21-18)13-3-1-2-4-14(13)24-17/h1-8,10H,9H2,(H2,19,23)(H,20,21,22). The zero-order chi connectivity index (χ0) is 16.5. The van der Waals surface area contributed by atoms with Crippen LogP contribution in [0.4, 0.5) is 11.5 Å². The van der Waals surface area contributed by atoms with E-state index in [2.05, 4.69) is 15.3 Å². The van der Waals surface area contributed by atoms with E-state index in [1.807, 2.05) is 48.5 Å². The van der Waals surface area contributed by atoms with Gasteiger partial charge in [-0.3, -0.25) is 4.79 Å². The van der Waals surface area contributed by atoms with Crippen LogP contribution < -0.4 is 11.1 Å². The number of carbonyl (C=O) groups excluding carboxylic acids is 1. The Labute approximate surface area is 137 Å². The summed E-state index contributed by atoms with van der Waals surface area (Å²) in [5.41, 5.74) is 9.06. The van der Waals surface area contributed by atoms with Gasteiger partial charge >= 0.3 is 0 Å². The van der Waals surface area contributed by atoms with Crippen LogP contribution in [0.15, 0.2) is 59.3 Å². The molecule has 3 N–H and O–H groups in total. The van der Waals surface area contributed by atoms with Crippen LogP contribution in [0.3, 0.4) is 0 Å². The molecule has 2 heterocycles. The van der Waals surface area contributed by atoms with E-state index in [-0.39, 0.29) is 12.3 Å². The van der Waals surface area contributed by atoms with E-state index < -0.39 is 0 Å². The van der Waals surface area contributed by atoms with Crippen LogP contribution in [0.5, 0.6) is 0 Å². The van der Waals surface area contributed by atoms with Crippen molar-refractivity contribution in [2.75, 3.05) is 5.32 Å². The lowest BCUT2D eigenvalue weighted by molar-refractivity contribution is -0.117. The fourth-order valence-electron chi connectivity index (χ4n) is 2.66. The minimum absolute atomic E-state index is 0.224. The zero-order valence-electron chi connectivity index (χ0n) is 12.7. The fourth-order valence-corrected chi connectivity index (χ4v) is 2.66. The van der Waals surface area contributed by atoms with E-state index in [0.29, 0.717) is 11.4 Å². The first-order valence-corrected chi connectivity index (χ1v) is 7.47. The molecule has 0 saturated carbocycles. The second kappa shape index (κ2) is 5.66. The van der Waals surface area contributed by atoms with Crippen LogP contribution in [-0.2, 0) is 11.2 Å². The molecule has 118 valence electrons. The van der Waals surface area contributed by atoms with Gasteiger partial charge in [0.2, 0.25) is 5.91 Å². The van der Waals surface area contributed by atoms with Crippen molar-refractivity contribution in [1.82, 2.24) is 9.97 Å². The first-order valence-electron chi connectivity index (χ1n) is 7.47. The largest absolute Gasteiger partial charge is 0.450 e. The monoisotopic (exact) mass is 318 g/mol. The molecule has 0 fully saturated rings. The minimum atomic E-state index is -0.351. The third-order valence-corrected chi connectivity index (χ3v) is 3.75. The number of amides is 1. The van der Waals surface area contributed by atoms with Gasteiger partial charge in [0, 0.05) is 11.1 Å². The van der Waals surface area contributed by atoms with Gasteiger partial charge in [0.1, 0.15) is 17.4 Å². The Morgan fingerprint density at radius 2 is 1.88 bits per heavy atom. The summed E-state index contributed by atoms with van der Waals surface area (Å²) in [5.74, 6) is 0.245. The summed E-state index contributed by atoms with van der Waals surface area (Å²) in [5, 5.41) is 4.18. The van der Waals surface area contributed by atoms with Gasteiger partial charge in [0.15, 0.2) is 11.4 Å². The lowest BCUT2D eigenvalue weighted by Gasteiger charge is -2.06. The molecule has 6 nitrogen and oxygen atoms in total. The predicted molar refractivity (Wildman–Crippen MR) is 91.9 cm³/mol. The van der Waals surface area contributed by atoms with Gasteiger partial charge in [0.25, 0.3) is 0 Å². The highest BCUT2D eigenvalue weighted by atomic mass is 16.3. The average molecular weight is 318 g/mol. The second-order valence-corrected chi connectivity index (χ2v) is 5.46. The topological polar surface area (TPSA) is 94.0 Å². The van der Waals surface area contributed by atoms with Crippen LogP contribution in [0.1, 0.15) is 5.56 Å². The molecule has 6 heteroatoms. The summed E-state index contributed by atoms with van der Waals surface area (Å²) >= 11 is 0. The predicted octanol–water partition coefficient (Wildman–Crippen LogP) is 3.15. The Kier molecular flexibility index (Phi) is 3.35. The molecular formula is C18H14N4O2. The molecule has 1 amide bonds. The van der Waals surface area contributed by atoms with Crippen molar-refractivity contribution < 1.29 is 9.21 Å². The molecule has 0 aliphatic heterocycles. The number of nitrogens with one attached hydrogen (secondary N) is 1. The molecular weight excluding hydrogens is 304 g/mol. The van der Waals surface area contributed by atoms with Gasteiger partial charge in [-0.05, 0) is 29.8 Å². The van der Waals surface area contributed by atoms with Crippen molar-refractivity contribution in [3.8, 4) is 0 Å². The number of benzene rings is 2. The molecule has 0 spiro atoms. The molecule has 2 aromatic heterocycles. The highest BCUT2D eigenvalue weighted by molar-refractivity contribution is 6.05. The number of hydrogen-bond acceptors (Lipinski definition) is 5. The minimum Gasteiger partial charge on any atom is -0.450 e.